The van der Waals surface area contributed by atoms with Gasteiger partial charge in [-0.15, -0.1) is 0 Å². The van der Waals surface area contributed by atoms with Crippen LogP contribution in [0, 0.1) is 17.8 Å². The van der Waals surface area contributed by atoms with Gasteiger partial charge in [0.25, 0.3) is 0 Å². The predicted molar refractivity (Wildman–Crippen MR) is 69.4 cm³/mol. The largest absolute Gasteiger partial charge is 0.544 e. The van der Waals surface area contributed by atoms with Gasteiger partial charge in [0.1, 0.15) is 24.1 Å². The summed E-state index contributed by atoms with van der Waals surface area (Å²) in [5.74, 6) is -11.7. The zero-order valence-electron chi connectivity index (χ0n) is 13.3. The van der Waals surface area contributed by atoms with Crippen molar-refractivity contribution in [2.75, 3.05) is 0 Å². The van der Waals surface area contributed by atoms with Crippen molar-refractivity contribution >= 4 is 17.9 Å². The first kappa shape index (κ1) is 17.1. The Morgan fingerprint density at radius 3 is 2.50 bits per heavy atom. The molecule has 2 bridgehead atoms. The van der Waals surface area contributed by atoms with Crippen LogP contribution in [0.5, 0.6) is 0 Å². The Bertz CT molecular complexity index is 603. The summed E-state index contributed by atoms with van der Waals surface area (Å²) < 4.78 is 43.7. The van der Waals surface area contributed by atoms with Gasteiger partial charge in [0.05, 0.1) is 12.0 Å². The predicted octanol–water partition coefficient (Wildman–Crippen LogP) is -0.342. The lowest BCUT2D eigenvalue weighted by Crippen LogP contribution is -2.62. The highest BCUT2D eigenvalue weighted by molar-refractivity contribution is 5.87. The van der Waals surface area contributed by atoms with E-state index >= 15 is 0 Å². The minimum absolute atomic E-state index is 0.294. The highest BCUT2D eigenvalue weighted by Gasteiger charge is 2.67. The molecule has 0 N–H and O–H groups in total. The van der Waals surface area contributed by atoms with E-state index in [-0.39, 0.29) is 0 Å². The summed E-state index contributed by atoms with van der Waals surface area (Å²) in [6, 6.07) is 0. The fourth-order valence-electron chi connectivity index (χ4n) is 3.64. The summed E-state index contributed by atoms with van der Waals surface area (Å²) in [5.41, 5.74) is -2.62. The minimum Gasteiger partial charge on any atom is -0.544 e. The van der Waals surface area contributed by atoms with Gasteiger partial charge < -0.3 is 24.1 Å². The standard InChI is InChI=1S/C15H18F2O7/c1-5(2)14(3,15(16,17)13(20)21)24-12(19)8-6-4-7-10(22-6)9(8)11(18)23-7/h5-10H,4H2,1-3H3,(H,20,21)/p-1. The molecule has 0 aromatic carbocycles. The Labute approximate surface area is 136 Å². The number of carbonyl (C=O) groups excluding carboxylic acids is 3. The first-order valence-corrected chi connectivity index (χ1v) is 7.68. The van der Waals surface area contributed by atoms with E-state index in [2.05, 4.69) is 0 Å². The Kier molecular flexibility index (Phi) is 3.63. The second-order valence-electron chi connectivity index (χ2n) is 6.95. The van der Waals surface area contributed by atoms with E-state index in [0.717, 1.165) is 6.92 Å². The lowest BCUT2D eigenvalue weighted by atomic mass is 9.79. The quantitative estimate of drug-likeness (QED) is 0.627. The van der Waals surface area contributed by atoms with Crippen LogP contribution >= 0.6 is 0 Å². The zero-order valence-corrected chi connectivity index (χ0v) is 13.3. The van der Waals surface area contributed by atoms with Crippen molar-refractivity contribution in [1.29, 1.82) is 0 Å². The number of hydrogen-bond acceptors (Lipinski definition) is 7. The highest BCUT2D eigenvalue weighted by Crippen LogP contribution is 2.51. The van der Waals surface area contributed by atoms with Crippen LogP contribution in [0.4, 0.5) is 8.78 Å². The van der Waals surface area contributed by atoms with Crippen molar-refractivity contribution in [3.8, 4) is 0 Å². The lowest BCUT2D eigenvalue weighted by Gasteiger charge is -2.41. The van der Waals surface area contributed by atoms with Gasteiger partial charge in [0.2, 0.25) is 0 Å². The molecule has 0 saturated carbocycles. The van der Waals surface area contributed by atoms with Crippen LogP contribution in [0.2, 0.25) is 0 Å². The van der Waals surface area contributed by atoms with Crippen molar-refractivity contribution in [3.63, 3.8) is 0 Å². The van der Waals surface area contributed by atoms with Crippen LogP contribution in [0.3, 0.4) is 0 Å². The van der Waals surface area contributed by atoms with Crippen molar-refractivity contribution in [1.82, 2.24) is 0 Å². The van der Waals surface area contributed by atoms with Gasteiger partial charge in [-0.3, -0.25) is 9.59 Å². The molecule has 0 amide bonds. The van der Waals surface area contributed by atoms with Gasteiger partial charge in [-0.1, -0.05) is 13.8 Å². The maximum absolute atomic E-state index is 14.1. The van der Waals surface area contributed by atoms with Crippen molar-refractivity contribution in [3.05, 3.63) is 0 Å². The third-order valence-corrected chi connectivity index (χ3v) is 5.41. The van der Waals surface area contributed by atoms with Gasteiger partial charge in [0, 0.05) is 6.42 Å². The first-order chi connectivity index (χ1) is 11.0. The van der Waals surface area contributed by atoms with Gasteiger partial charge in [-0.05, 0) is 12.8 Å². The Balaban J connectivity index is 1.85. The van der Waals surface area contributed by atoms with Crippen LogP contribution in [0.1, 0.15) is 27.2 Å². The third kappa shape index (κ3) is 2.06. The van der Waals surface area contributed by atoms with E-state index in [4.69, 9.17) is 14.2 Å². The number of halogens is 2. The van der Waals surface area contributed by atoms with Crippen molar-refractivity contribution in [2.45, 2.75) is 57.0 Å². The van der Waals surface area contributed by atoms with Gasteiger partial charge >= 0.3 is 17.9 Å². The molecule has 3 rings (SSSR count). The number of fused-ring (bicyclic) bond motifs is 1. The SMILES string of the molecule is CC(C)C(C)(OC(=O)C1C2CC3OC(=O)C1C3O2)C(F)(F)C(=O)[O-]. The molecular formula is C15H17F2O7-. The summed E-state index contributed by atoms with van der Waals surface area (Å²) in [6.45, 7) is 3.46. The molecule has 0 aromatic heterocycles. The Morgan fingerprint density at radius 1 is 1.33 bits per heavy atom. The van der Waals surface area contributed by atoms with E-state index in [1.165, 1.54) is 13.8 Å². The Morgan fingerprint density at radius 2 is 1.96 bits per heavy atom. The maximum Gasteiger partial charge on any atom is 0.325 e. The molecule has 7 nitrogen and oxygen atoms in total. The number of hydrogen-bond donors (Lipinski definition) is 0. The minimum atomic E-state index is -4.39. The number of ether oxygens (including phenoxy) is 3. The molecular weight excluding hydrogens is 330 g/mol. The third-order valence-electron chi connectivity index (χ3n) is 5.41. The van der Waals surface area contributed by atoms with E-state index in [0.29, 0.717) is 6.42 Å². The fraction of sp³-hybridized carbons (Fsp3) is 0.800. The molecule has 3 heterocycles. The van der Waals surface area contributed by atoms with E-state index < -0.39 is 65.5 Å². The molecule has 0 spiro atoms. The number of esters is 2. The smallest absolute Gasteiger partial charge is 0.325 e. The lowest BCUT2D eigenvalue weighted by molar-refractivity contribution is -0.346. The monoisotopic (exact) mass is 347 g/mol. The topological polar surface area (TPSA) is 102 Å². The highest BCUT2D eigenvalue weighted by atomic mass is 19.3. The number of carboxylic acids is 1. The molecule has 6 unspecified atom stereocenters. The Hall–Kier alpha value is -1.77. The first-order valence-electron chi connectivity index (χ1n) is 7.68. The van der Waals surface area contributed by atoms with Crippen LogP contribution in [-0.4, -0.2) is 47.7 Å². The number of aliphatic carboxylic acids is 1. The number of alkyl halides is 2. The normalized spacial score (nSPS) is 36.6. The van der Waals surface area contributed by atoms with Crippen LogP contribution in [-0.2, 0) is 28.6 Å². The second kappa shape index (κ2) is 5.11. The second-order valence-corrected chi connectivity index (χ2v) is 6.95. The average molecular weight is 347 g/mol. The van der Waals surface area contributed by atoms with Crippen LogP contribution < -0.4 is 5.11 Å². The number of rotatable bonds is 5. The molecule has 6 atom stereocenters. The summed E-state index contributed by atoms with van der Waals surface area (Å²) in [7, 11) is 0. The molecule has 0 aromatic rings. The zero-order chi connectivity index (χ0) is 18.0. The van der Waals surface area contributed by atoms with E-state index in [1.54, 1.807) is 0 Å². The van der Waals surface area contributed by atoms with Crippen LogP contribution in [0.25, 0.3) is 0 Å². The molecule has 3 fully saturated rings. The molecule has 9 heteroatoms. The average Bonchev–Trinajstić information content (AvgIpc) is 3.07. The molecule has 3 aliphatic heterocycles. The van der Waals surface area contributed by atoms with E-state index in [9.17, 15) is 28.3 Å². The summed E-state index contributed by atoms with van der Waals surface area (Å²) in [5, 5.41) is 10.8. The van der Waals surface area contributed by atoms with Gasteiger partial charge in [-0.2, -0.15) is 8.78 Å². The van der Waals surface area contributed by atoms with Crippen molar-refractivity contribution in [2.24, 2.45) is 17.8 Å². The molecule has 24 heavy (non-hydrogen) atoms. The number of carboxylic acid groups (broad SMARTS) is 1. The maximum atomic E-state index is 14.1. The molecule has 0 aliphatic carbocycles. The van der Waals surface area contributed by atoms with Gasteiger partial charge in [0.15, 0.2) is 5.60 Å². The van der Waals surface area contributed by atoms with Gasteiger partial charge in [-0.25, -0.2) is 0 Å². The van der Waals surface area contributed by atoms with Crippen molar-refractivity contribution < 1.29 is 42.5 Å². The molecule has 134 valence electrons. The molecule has 0 radical (unpaired) electrons. The summed E-state index contributed by atoms with van der Waals surface area (Å²) in [6.07, 6.45) is -1.36. The number of carbonyl (C=O) groups is 3. The molecule has 3 saturated heterocycles. The fourth-order valence-corrected chi connectivity index (χ4v) is 3.64. The van der Waals surface area contributed by atoms with E-state index in [1.807, 2.05) is 0 Å². The summed E-state index contributed by atoms with van der Waals surface area (Å²) in [4.78, 5) is 35.2. The summed E-state index contributed by atoms with van der Waals surface area (Å²) >= 11 is 0. The molecule has 3 aliphatic rings. The van der Waals surface area contributed by atoms with Crippen LogP contribution in [0.15, 0.2) is 0 Å².